The highest BCUT2D eigenvalue weighted by atomic mass is 19.1. The SMILES string of the molecule is O=C(CCc1ccccc1)N1CCCC(O)(COc2ccc(F)cc2)CC1. The van der Waals surface area contributed by atoms with Crippen LogP contribution in [0, 0.1) is 5.82 Å². The fourth-order valence-corrected chi connectivity index (χ4v) is 3.38. The second kappa shape index (κ2) is 9.00. The Morgan fingerprint density at radius 2 is 1.81 bits per heavy atom. The number of halogens is 1. The predicted molar refractivity (Wildman–Crippen MR) is 102 cm³/mol. The lowest BCUT2D eigenvalue weighted by atomic mass is 9.96. The van der Waals surface area contributed by atoms with E-state index in [0.717, 1.165) is 18.4 Å². The molecule has 144 valence electrons. The second-order valence-corrected chi connectivity index (χ2v) is 7.19. The summed E-state index contributed by atoms with van der Waals surface area (Å²) in [6, 6.07) is 15.8. The first-order chi connectivity index (χ1) is 13.0. The Morgan fingerprint density at radius 1 is 1.07 bits per heavy atom. The number of hydrogen-bond acceptors (Lipinski definition) is 3. The van der Waals surface area contributed by atoms with Gasteiger partial charge in [-0.2, -0.15) is 0 Å². The molecule has 2 aromatic carbocycles. The van der Waals surface area contributed by atoms with Crippen LogP contribution in [0.2, 0.25) is 0 Å². The molecule has 1 unspecified atom stereocenters. The van der Waals surface area contributed by atoms with Gasteiger partial charge in [0.1, 0.15) is 23.8 Å². The maximum Gasteiger partial charge on any atom is 0.222 e. The molecule has 0 bridgehead atoms. The van der Waals surface area contributed by atoms with Gasteiger partial charge in [-0.05, 0) is 55.5 Å². The number of benzene rings is 2. The minimum absolute atomic E-state index is 0.127. The highest BCUT2D eigenvalue weighted by molar-refractivity contribution is 5.76. The predicted octanol–water partition coefficient (Wildman–Crippen LogP) is 3.58. The average molecular weight is 371 g/mol. The third kappa shape index (κ3) is 5.79. The molecule has 1 amide bonds. The first-order valence-corrected chi connectivity index (χ1v) is 9.47. The van der Waals surface area contributed by atoms with Gasteiger partial charge in [-0.15, -0.1) is 0 Å². The summed E-state index contributed by atoms with van der Waals surface area (Å²) in [4.78, 5) is 14.4. The average Bonchev–Trinajstić information content (AvgIpc) is 2.89. The van der Waals surface area contributed by atoms with Crippen molar-refractivity contribution in [3.8, 4) is 5.75 Å². The van der Waals surface area contributed by atoms with Crippen LogP contribution in [0.15, 0.2) is 54.6 Å². The zero-order chi connectivity index (χ0) is 19.1. The first-order valence-electron chi connectivity index (χ1n) is 9.47. The van der Waals surface area contributed by atoms with Crippen LogP contribution in [-0.2, 0) is 11.2 Å². The fraction of sp³-hybridized carbons (Fsp3) is 0.409. The summed E-state index contributed by atoms with van der Waals surface area (Å²) < 4.78 is 18.6. The molecule has 1 aliphatic rings. The molecule has 3 rings (SSSR count). The minimum atomic E-state index is -0.969. The third-order valence-corrected chi connectivity index (χ3v) is 5.06. The van der Waals surface area contributed by atoms with Gasteiger partial charge in [-0.3, -0.25) is 4.79 Å². The topological polar surface area (TPSA) is 49.8 Å². The van der Waals surface area contributed by atoms with E-state index in [1.54, 1.807) is 12.1 Å². The Morgan fingerprint density at radius 3 is 2.56 bits per heavy atom. The van der Waals surface area contributed by atoms with Crippen molar-refractivity contribution in [3.05, 3.63) is 66.0 Å². The molecule has 0 aromatic heterocycles. The van der Waals surface area contributed by atoms with E-state index < -0.39 is 5.60 Å². The molecule has 1 saturated heterocycles. The van der Waals surface area contributed by atoms with E-state index in [-0.39, 0.29) is 18.3 Å². The van der Waals surface area contributed by atoms with Crippen molar-refractivity contribution in [3.63, 3.8) is 0 Å². The molecule has 5 heteroatoms. The molecule has 1 aliphatic heterocycles. The number of ether oxygens (including phenoxy) is 1. The van der Waals surface area contributed by atoms with Crippen molar-refractivity contribution < 1.29 is 19.0 Å². The Hall–Kier alpha value is -2.40. The fourth-order valence-electron chi connectivity index (χ4n) is 3.38. The highest BCUT2D eigenvalue weighted by Gasteiger charge is 2.32. The summed E-state index contributed by atoms with van der Waals surface area (Å²) in [7, 11) is 0. The van der Waals surface area contributed by atoms with Gasteiger partial charge in [0, 0.05) is 19.5 Å². The molecule has 0 aliphatic carbocycles. The van der Waals surface area contributed by atoms with Gasteiger partial charge in [0.05, 0.1) is 0 Å². The monoisotopic (exact) mass is 371 g/mol. The van der Waals surface area contributed by atoms with Crippen molar-refractivity contribution in [2.75, 3.05) is 19.7 Å². The largest absolute Gasteiger partial charge is 0.491 e. The molecule has 0 spiro atoms. The molecule has 27 heavy (non-hydrogen) atoms. The molecule has 0 radical (unpaired) electrons. The van der Waals surface area contributed by atoms with E-state index in [1.807, 2.05) is 35.2 Å². The Bertz CT molecular complexity index is 735. The molecule has 2 aromatic rings. The van der Waals surface area contributed by atoms with Gasteiger partial charge in [0.15, 0.2) is 0 Å². The normalized spacial score (nSPS) is 20.1. The maximum absolute atomic E-state index is 13.0. The Kier molecular flexibility index (Phi) is 6.45. The van der Waals surface area contributed by atoms with E-state index in [2.05, 4.69) is 0 Å². The molecule has 1 heterocycles. The molecule has 1 fully saturated rings. The van der Waals surface area contributed by atoms with Gasteiger partial charge in [-0.25, -0.2) is 4.39 Å². The third-order valence-electron chi connectivity index (χ3n) is 5.06. The van der Waals surface area contributed by atoms with Crippen LogP contribution >= 0.6 is 0 Å². The van der Waals surface area contributed by atoms with Crippen molar-refractivity contribution in [2.45, 2.75) is 37.7 Å². The number of nitrogens with zero attached hydrogens (tertiary/aromatic N) is 1. The summed E-state index contributed by atoms with van der Waals surface area (Å²) in [5.74, 6) is 0.340. The van der Waals surface area contributed by atoms with E-state index >= 15 is 0 Å². The van der Waals surface area contributed by atoms with Crippen LogP contribution in [0.1, 0.15) is 31.2 Å². The van der Waals surface area contributed by atoms with Crippen molar-refractivity contribution in [1.82, 2.24) is 4.90 Å². The van der Waals surface area contributed by atoms with E-state index in [1.165, 1.54) is 12.1 Å². The Labute approximate surface area is 159 Å². The number of aryl methyl sites for hydroxylation is 1. The molecule has 4 nitrogen and oxygen atoms in total. The summed E-state index contributed by atoms with van der Waals surface area (Å²) in [5.41, 5.74) is 0.188. The molecule has 0 saturated carbocycles. The molecular weight excluding hydrogens is 345 g/mol. The van der Waals surface area contributed by atoms with E-state index in [0.29, 0.717) is 38.1 Å². The van der Waals surface area contributed by atoms with Gasteiger partial charge in [-0.1, -0.05) is 30.3 Å². The second-order valence-electron chi connectivity index (χ2n) is 7.19. The smallest absolute Gasteiger partial charge is 0.222 e. The maximum atomic E-state index is 13.0. The zero-order valence-corrected chi connectivity index (χ0v) is 15.4. The van der Waals surface area contributed by atoms with Crippen LogP contribution in [0.25, 0.3) is 0 Å². The summed E-state index contributed by atoms with van der Waals surface area (Å²) in [6.45, 7) is 1.33. The Balaban J connectivity index is 1.48. The summed E-state index contributed by atoms with van der Waals surface area (Å²) in [6.07, 6.45) is 3.00. The number of carbonyl (C=O) groups excluding carboxylic acids is 1. The summed E-state index contributed by atoms with van der Waals surface area (Å²) >= 11 is 0. The number of hydrogen-bond donors (Lipinski definition) is 1. The molecular formula is C22H26FNO3. The van der Waals surface area contributed by atoms with E-state index in [4.69, 9.17) is 4.74 Å². The lowest BCUT2D eigenvalue weighted by Crippen LogP contribution is -2.38. The van der Waals surface area contributed by atoms with Crippen LogP contribution in [0.4, 0.5) is 4.39 Å². The highest BCUT2D eigenvalue weighted by Crippen LogP contribution is 2.24. The number of rotatable bonds is 6. The van der Waals surface area contributed by atoms with Gasteiger partial charge in [0.2, 0.25) is 5.91 Å². The van der Waals surface area contributed by atoms with Crippen LogP contribution in [0.3, 0.4) is 0 Å². The number of amides is 1. The van der Waals surface area contributed by atoms with Gasteiger partial charge in [0.25, 0.3) is 0 Å². The van der Waals surface area contributed by atoms with Crippen molar-refractivity contribution in [1.29, 1.82) is 0 Å². The lowest BCUT2D eigenvalue weighted by molar-refractivity contribution is -0.131. The van der Waals surface area contributed by atoms with Crippen molar-refractivity contribution in [2.24, 2.45) is 0 Å². The summed E-state index contributed by atoms with van der Waals surface area (Å²) in [5, 5.41) is 10.8. The van der Waals surface area contributed by atoms with Crippen molar-refractivity contribution >= 4 is 5.91 Å². The first kappa shape index (κ1) is 19.4. The van der Waals surface area contributed by atoms with Crippen LogP contribution in [0.5, 0.6) is 5.75 Å². The number of likely N-dealkylation sites (tertiary alicyclic amines) is 1. The lowest BCUT2D eigenvalue weighted by Gasteiger charge is -2.27. The van der Waals surface area contributed by atoms with Gasteiger partial charge >= 0.3 is 0 Å². The molecule has 1 N–H and O–H groups in total. The molecule has 1 atom stereocenters. The number of aliphatic hydroxyl groups is 1. The standard InChI is InChI=1S/C22H26FNO3/c23-19-8-10-20(11-9-19)27-17-22(26)13-4-15-24(16-14-22)21(25)12-7-18-5-2-1-3-6-18/h1-3,5-6,8-11,26H,4,7,12-17H2. The van der Waals surface area contributed by atoms with Crippen LogP contribution in [-0.4, -0.2) is 41.2 Å². The van der Waals surface area contributed by atoms with Gasteiger partial charge < -0.3 is 14.7 Å². The quantitative estimate of drug-likeness (QED) is 0.844. The number of carbonyl (C=O) groups is 1. The zero-order valence-electron chi connectivity index (χ0n) is 15.4. The van der Waals surface area contributed by atoms with E-state index in [9.17, 15) is 14.3 Å². The van der Waals surface area contributed by atoms with Crippen LogP contribution < -0.4 is 4.74 Å². The minimum Gasteiger partial charge on any atom is -0.491 e.